The topological polar surface area (TPSA) is 27.1 Å². The first kappa shape index (κ1) is 12.4. The van der Waals surface area contributed by atoms with Crippen LogP contribution in [0.1, 0.15) is 5.56 Å². The average molecular weight is 240 g/mol. The van der Waals surface area contributed by atoms with E-state index in [1.54, 1.807) is 0 Å². The lowest BCUT2D eigenvalue weighted by molar-refractivity contribution is -0.137. The number of thiol groups is 1. The molecule has 7 heteroatoms. The van der Waals surface area contributed by atoms with E-state index < -0.39 is 11.7 Å². The van der Waals surface area contributed by atoms with Crippen molar-refractivity contribution in [1.82, 2.24) is 9.78 Å². The van der Waals surface area contributed by atoms with Crippen LogP contribution in [-0.4, -0.2) is 28.7 Å². The van der Waals surface area contributed by atoms with Gasteiger partial charge in [0.1, 0.15) is 0 Å². The second kappa shape index (κ2) is 5.41. The first-order valence-electron chi connectivity index (χ1n) is 4.32. The normalized spacial score (nSPS) is 12.0. The van der Waals surface area contributed by atoms with Crippen molar-refractivity contribution in [3.05, 3.63) is 18.0 Å². The smallest absolute Gasteiger partial charge is 0.379 e. The van der Waals surface area contributed by atoms with Crippen molar-refractivity contribution in [1.29, 1.82) is 0 Å². The maximum atomic E-state index is 12.1. The van der Waals surface area contributed by atoms with E-state index >= 15 is 0 Å². The quantitative estimate of drug-likeness (QED) is 0.628. The van der Waals surface area contributed by atoms with Crippen molar-refractivity contribution in [2.24, 2.45) is 0 Å². The number of alkyl halides is 3. The molecular formula is C8H11F3N2OS. The van der Waals surface area contributed by atoms with Gasteiger partial charge in [-0.1, -0.05) is 0 Å². The third kappa shape index (κ3) is 4.13. The molecule has 0 radical (unpaired) electrons. The van der Waals surface area contributed by atoms with E-state index in [1.165, 1.54) is 4.68 Å². The van der Waals surface area contributed by atoms with Crippen LogP contribution in [-0.2, 0) is 17.5 Å². The Morgan fingerprint density at radius 3 is 2.67 bits per heavy atom. The van der Waals surface area contributed by atoms with Gasteiger partial charge in [0, 0.05) is 11.9 Å². The van der Waals surface area contributed by atoms with Crippen LogP contribution in [0.2, 0.25) is 0 Å². The van der Waals surface area contributed by atoms with E-state index in [4.69, 9.17) is 4.74 Å². The highest BCUT2D eigenvalue weighted by molar-refractivity contribution is 7.80. The van der Waals surface area contributed by atoms with Gasteiger partial charge in [0.2, 0.25) is 0 Å². The maximum Gasteiger partial charge on any atom is 0.419 e. The van der Waals surface area contributed by atoms with Crippen LogP contribution < -0.4 is 0 Å². The van der Waals surface area contributed by atoms with Crippen LogP contribution in [0.5, 0.6) is 0 Å². The molecule has 0 saturated heterocycles. The zero-order chi connectivity index (χ0) is 11.3. The molecule has 0 bridgehead atoms. The molecule has 1 rings (SSSR count). The van der Waals surface area contributed by atoms with Crippen molar-refractivity contribution in [3.8, 4) is 0 Å². The van der Waals surface area contributed by atoms with Gasteiger partial charge in [-0.25, -0.2) is 0 Å². The third-order valence-corrected chi connectivity index (χ3v) is 1.84. The predicted octanol–water partition coefficient (Wildman–Crippen LogP) is 1.85. The summed E-state index contributed by atoms with van der Waals surface area (Å²) in [6.45, 7) is 1.12. The number of hydrogen-bond acceptors (Lipinski definition) is 3. The third-order valence-electron chi connectivity index (χ3n) is 1.66. The first-order valence-corrected chi connectivity index (χ1v) is 4.95. The minimum atomic E-state index is -4.33. The standard InChI is InChI=1S/C8H11F3N2OS/c9-8(10,11)7-5-12-13(6-7)1-2-14-3-4-15/h5-6,15H,1-4H2. The summed E-state index contributed by atoms with van der Waals surface area (Å²) in [6.07, 6.45) is -2.56. The van der Waals surface area contributed by atoms with Crippen molar-refractivity contribution >= 4 is 12.6 Å². The van der Waals surface area contributed by atoms with Gasteiger partial charge in [-0.05, 0) is 0 Å². The second-order valence-electron chi connectivity index (χ2n) is 2.83. The number of ether oxygens (including phenoxy) is 1. The lowest BCUT2D eigenvalue weighted by Crippen LogP contribution is -2.08. The predicted molar refractivity (Wildman–Crippen MR) is 51.9 cm³/mol. The van der Waals surface area contributed by atoms with E-state index in [-0.39, 0.29) is 0 Å². The number of nitrogens with zero attached hydrogens (tertiary/aromatic N) is 2. The summed E-state index contributed by atoms with van der Waals surface area (Å²) in [6, 6.07) is 0. The molecule has 0 spiro atoms. The van der Waals surface area contributed by atoms with E-state index in [1.807, 2.05) is 0 Å². The Morgan fingerprint density at radius 1 is 1.40 bits per heavy atom. The highest BCUT2D eigenvalue weighted by atomic mass is 32.1. The van der Waals surface area contributed by atoms with Crippen molar-refractivity contribution in [2.75, 3.05) is 19.0 Å². The fourth-order valence-corrected chi connectivity index (χ4v) is 1.09. The molecule has 15 heavy (non-hydrogen) atoms. The van der Waals surface area contributed by atoms with Gasteiger partial charge in [-0.3, -0.25) is 4.68 Å². The Balaban J connectivity index is 2.40. The fourth-order valence-electron chi connectivity index (χ4n) is 0.957. The van der Waals surface area contributed by atoms with Crippen LogP contribution >= 0.6 is 12.6 Å². The molecule has 0 aliphatic carbocycles. The molecule has 0 aromatic carbocycles. The first-order chi connectivity index (χ1) is 7.04. The minimum absolute atomic E-state index is 0.309. The van der Waals surface area contributed by atoms with Crippen LogP contribution in [0, 0.1) is 0 Å². The zero-order valence-electron chi connectivity index (χ0n) is 7.87. The van der Waals surface area contributed by atoms with E-state index in [2.05, 4.69) is 17.7 Å². The van der Waals surface area contributed by atoms with Crippen LogP contribution in [0.15, 0.2) is 12.4 Å². The molecule has 1 aromatic rings. The van der Waals surface area contributed by atoms with Gasteiger partial charge in [-0.15, -0.1) is 0 Å². The average Bonchev–Trinajstić information content (AvgIpc) is 2.60. The van der Waals surface area contributed by atoms with Crippen LogP contribution in [0.3, 0.4) is 0 Å². The summed E-state index contributed by atoms with van der Waals surface area (Å²) in [5.74, 6) is 0.590. The Bertz CT molecular complexity index is 300. The molecule has 0 unspecified atom stereocenters. The Labute approximate surface area is 90.6 Å². The molecule has 0 atom stereocenters. The van der Waals surface area contributed by atoms with Crippen LogP contribution in [0.25, 0.3) is 0 Å². The Hall–Kier alpha value is -0.690. The number of rotatable bonds is 5. The van der Waals surface area contributed by atoms with E-state index in [9.17, 15) is 13.2 Å². The summed E-state index contributed by atoms with van der Waals surface area (Å²) in [4.78, 5) is 0. The van der Waals surface area contributed by atoms with Crippen molar-refractivity contribution in [3.63, 3.8) is 0 Å². The van der Waals surface area contributed by atoms with Gasteiger partial charge in [0.15, 0.2) is 0 Å². The summed E-state index contributed by atoms with van der Waals surface area (Å²) < 4.78 is 42.7. The van der Waals surface area contributed by atoms with Crippen molar-refractivity contribution < 1.29 is 17.9 Å². The second-order valence-corrected chi connectivity index (χ2v) is 3.27. The molecule has 0 aliphatic heterocycles. The number of hydrogen-bond donors (Lipinski definition) is 1. The summed E-state index contributed by atoms with van der Waals surface area (Å²) in [7, 11) is 0. The minimum Gasteiger partial charge on any atom is -0.379 e. The molecular weight excluding hydrogens is 229 g/mol. The monoisotopic (exact) mass is 240 g/mol. The highest BCUT2D eigenvalue weighted by Gasteiger charge is 2.31. The molecule has 0 aliphatic rings. The highest BCUT2D eigenvalue weighted by Crippen LogP contribution is 2.28. The van der Waals surface area contributed by atoms with Gasteiger partial charge in [0.25, 0.3) is 0 Å². The largest absolute Gasteiger partial charge is 0.419 e. The summed E-state index contributed by atoms with van der Waals surface area (Å²) >= 11 is 3.93. The Morgan fingerprint density at radius 2 is 2.13 bits per heavy atom. The van der Waals surface area contributed by atoms with Gasteiger partial charge in [-0.2, -0.15) is 30.9 Å². The molecule has 0 N–H and O–H groups in total. The van der Waals surface area contributed by atoms with E-state index in [0.717, 1.165) is 12.4 Å². The maximum absolute atomic E-state index is 12.1. The molecule has 86 valence electrons. The lowest BCUT2D eigenvalue weighted by Gasteiger charge is -2.03. The van der Waals surface area contributed by atoms with Gasteiger partial charge in [0.05, 0.1) is 31.5 Å². The Kier molecular flexibility index (Phi) is 4.46. The molecule has 1 aromatic heterocycles. The zero-order valence-corrected chi connectivity index (χ0v) is 8.76. The van der Waals surface area contributed by atoms with Gasteiger partial charge >= 0.3 is 6.18 Å². The van der Waals surface area contributed by atoms with Gasteiger partial charge < -0.3 is 4.74 Å². The molecule has 3 nitrogen and oxygen atoms in total. The molecule has 0 fully saturated rings. The van der Waals surface area contributed by atoms with Crippen molar-refractivity contribution in [2.45, 2.75) is 12.7 Å². The lowest BCUT2D eigenvalue weighted by atomic mass is 10.4. The number of halogens is 3. The van der Waals surface area contributed by atoms with E-state index in [0.29, 0.717) is 25.5 Å². The molecule has 0 amide bonds. The molecule has 1 heterocycles. The summed E-state index contributed by atoms with van der Waals surface area (Å²) in [5.41, 5.74) is -0.739. The summed E-state index contributed by atoms with van der Waals surface area (Å²) in [5, 5.41) is 3.58. The molecule has 0 saturated carbocycles. The van der Waals surface area contributed by atoms with Crippen LogP contribution in [0.4, 0.5) is 13.2 Å². The number of aromatic nitrogens is 2. The fraction of sp³-hybridized carbons (Fsp3) is 0.625. The SMILES string of the molecule is FC(F)(F)c1cnn(CCOCCS)c1.